The molecule has 2 aromatic rings. The predicted molar refractivity (Wildman–Crippen MR) is 93.0 cm³/mol. The second-order valence-corrected chi connectivity index (χ2v) is 5.74. The highest BCUT2D eigenvalue weighted by atomic mass is 35.5. The highest BCUT2D eigenvalue weighted by Crippen LogP contribution is 2.32. The number of carbonyl (C=O) groups is 1. The molecule has 0 aliphatic heterocycles. The molecule has 0 aromatic heterocycles. The molecule has 1 atom stereocenters. The number of alkyl carbamates (subject to hydrolysis) is 1. The lowest BCUT2D eigenvalue weighted by Crippen LogP contribution is -2.34. The molecule has 26 heavy (non-hydrogen) atoms. The van der Waals surface area contributed by atoms with Crippen LogP contribution < -0.4 is 14.8 Å². The minimum absolute atomic E-state index is 0.0132. The van der Waals surface area contributed by atoms with E-state index in [2.05, 4.69) is 5.32 Å². The number of nitrogens with one attached hydrogen (secondary N) is 1. The average molecular weight is 386 g/mol. The average Bonchev–Trinajstić information content (AvgIpc) is 2.55. The quantitative estimate of drug-likeness (QED) is 0.734. The van der Waals surface area contributed by atoms with Gasteiger partial charge in [0.05, 0.1) is 18.2 Å². The lowest BCUT2D eigenvalue weighted by Gasteiger charge is -2.17. The van der Waals surface area contributed by atoms with Crippen LogP contribution in [0.15, 0.2) is 36.4 Å². The van der Waals surface area contributed by atoms with Crippen LogP contribution in [0.4, 0.5) is 13.6 Å². The van der Waals surface area contributed by atoms with Crippen molar-refractivity contribution < 1.29 is 27.8 Å². The second kappa shape index (κ2) is 9.24. The monoisotopic (exact) mass is 385 g/mol. The number of carbonyl (C=O) groups excluding carboxylic acids is 1. The van der Waals surface area contributed by atoms with Gasteiger partial charge in [-0.1, -0.05) is 11.6 Å². The van der Waals surface area contributed by atoms with Crippen molar-refractivity contribution in [1.29, 1.82) is 0 Å². The third-order valence-electron chi connectivity index (χ3n) is 3.11. The molecular formula is C18H18ClF2NO4. The van der Waals surface area contributed by atoms with Gasteiger partial charge in [-0.25, -0.2) is 13.6 Å². The van der Waals surface area contributed by atoms with Crippen molar-refractivity contribution in [2.75, 3.05) is 13.2 Å². The molecule has 0 spiro atoms. The van der Waals surface area contributed by atoms with Crippen LogP contribution >= 0.6 is 11.6 Å². The highest BCUT2D eigenvalue weighted by Gasteiger charge is 2.11. The molecule has 0 aliphatic carbocycles. The molecule has 0 saturated carbocycles. The third-order valence-corrected chi connectivity index (χ3v) is 3.41. The largest absolute Gasteiger partial charge is 0.487 e. The first kappa shape index (κ1) is 19.8. The summed E-state index contributed by atoms with van der Waals surface area (Å²) in [5.74, 6) is -0.797. The molecule has 1 unspecified atom stereocenters. The number of hydrogen-bond acceptors (Lipinski definition) is 4. The molecule has 1 amide bonds. The minimum atomic E-state index is -0.742. The summed E-state index contributed by atoms with van der Waals surface area (Å²) < 4.78 is 42.2. The van der Waals surface area contributed by atoms with E-state index in [9.17, 15) is 13.6 Å². The Bertz CT molecular complexity index is 753. The van der Waals surface area contributed by atoms with Gasteiger partial charge < -0.3 is 19.5 Å². The number of hydrogen-bond donors (Lipinski definition) is 1. The van der Waals surface area contributed by atoms with Crippen LogP contribution in [0.1, 0.15) is 13.8 Å². The van der Waals surface area contributed by atoms with Gasteiger partial charge in [-0.2, -0.15) is 0 Å². The maximum absolute atomic E-state index is 13.2. The highest BCUT2D eigenvalue weighted by molar-refractivity contribution is 6.32. The molecular weight excluding hydrogens is 368 g/mol. The van der Waals surface area contributed by atoms with Crippen molar-refractivity contribution in [1.82, 2.24) is 5.32 Å². The van der Waals surface area contributed by atoms with Crippen molar-refractivity contribution in [2.45, 2.75) is 20.0 Å². The van der Waals surface area contributed by atoms with Crippen molar-refractivity contribution in [3.63, 3.8) is 0 Å². The Morgan fingerprint density at radius 3 is 2.46 bits per heavy atom. The second-order valence-electron chi connectivity index (χ2n) is 5.33. The molecule has 1 N–H and O–H groups in total. The summed E-state index contributed by atoms with van der Waals surface area (Å²) in [5, 5.41) is 2.80. The maximum Gasteiger partial charge on any atom is 0.407 e. The SMILES string of the molecule is CCOC(=O)NCC(C)Oc1ccc(Oc2cc(F)cc(F)c2)cc1Cl. The molecule has 2 aromatic carbocycles. The van der Waals surface area contributed by atoms with Gasteiger partial charge in [-0.15, -0.1) is 0 Å². The van der Waals surface area contributed by atoms with E-state index in [1.807, 2.05) is 0 Å². The van der Waals surface area contributed by atoms with E-state index in [4.69, 9.17) is 25.8 Å². The third kappa shape index (κ3) is 6.07. The zero-order valence-corrected chi connectivity index (χ0v) is 15.0. The van der Waals surface area contributed by atoms with Gasteiger partial charge in [0.2, 0.25) is 0 Å². The van der Waals surface area contributed by atoms with Gasteiger partial charge in [-0.3, -0.25) is 0 Å². The molecule has 0 heterocycles. The van der Waals surface area contributed by atoms with Crippen LogP contribution in [0.2, 0.25) is 5.02 Å². The fourth-order valence-electron chi connectivity index (χ4n) is 2.03. The van der Waals surface area contributed by atoms with Crippen LogP contribution in [0, 0.1) is 11.6 Å². The van der Waals surface area contributed by atoms with Crippen molar-refractivity contribution in [2.24, 2.45) is 0 Å². The van der Waals surface area contributed by atoms with Crippen molar-refractivity contribution in [3.05, 3.63) is 53.1 Å². The van der Waals surface area contributed by atoms with Crippen molar-refractivity contribution in [3.8, 4) is 17.2 Å². The van der Waals surface area contributed by atoms with Gasteiger partial charge in [-0.05, 0) is 26.0 Å². The summed E-state index contributed by atoms with van der Waals surface area (Å²) in [4.78, 5) is 11.2. The first-order valence-electron chi connectivity index (χ1n) is 7.88. The predicted octanol–water partition coefficient (Wildman–Crippen LogP) is 4.92. The minimum Gasteiger partial charge on any atom is -0.487 e. The number of amides is 1. The number of halogens is 3. The molecule has 5 nitrogen and oxygen atoms in total. The summed E-state index contributed by atoms with van der Waals surface area (Å²) in [7, 11) is 0. The van der Waals surface area contributed by atoms with Gasteiger partial charge in [0.25, 0.3) is 0 Å². The van der Waals surface area contributed by atoms with Crippen LogP contribution in [0.25, 0.3) is 0 Å². The molecule has 140 valence electrons. The molecule has 0 radical (unpaired) electrons. The van der Waals surface area contributed by atoms with E-state index in [-0.39, 0.29) is 30.0 Å². The normalized spacial score (nSPS) is 11.6. The summed E-state index contributed by atoms with van der Waals surface area (Å²) in [6.07, 6.45) is -0.888. The smallest absolute Gasteiger partial charge is 0.407 e. The molecule has 0 saturated heterocycles. The summed E-state index contributed by atoms with van der Waals surface area (Å²) in [6.45, 7) is 3.98. The Balaban J connectivity index is 1.97. The zero-order chi connectivity index (χ0) is 19.1. The number of benzene rings is 2. The number of ether oxygens (including phenoxy) is 3. The summed E-state index contributed by atoms with van der Waals surface area (Å²) in [5.41, 5.74) is 0. The fraction of sp³-hybridized carbons (Fsp3) is 0.278. The van der Waals surface area contributed by atoms with E-state index in [1.54, 1.807) is 26.0 Å². The Morgan fingerprint density at radius 1 is 1.15 bits per heavy atom. The summed E-state index contributed by atoms with van der Waals surface area (Å²) in [6, 6.07) is 7.45. The maximum atomic E-state index is 13.2. The van der Waals surface area contributed by atoms with E-state index in [0.29, 0.717) is 11.5 Å². The zero-order valence-electron chi connectivity index (χ0n) is 14.2. The first-order chi connectivity index (χ1) is 12.4. The lowest BCUT2D eigenvalue weighted by molar-refractivity contribution is 0.143. The van der Waals surface area contributed by atoms with Crippen LogP contribution in [0.3, 0.4) is 0 Å². The molecule has 2 rings (SSSR count). The Kier molecular flexibility index (Phi) is 7.03. The Morgan fingerprint density at radius 2 is 1.85 bits per heavy atom. The van der Waals surface area contributed by atoms with Crippen LogP contribution in [-0.4, -0.2) is 25.3 Å². The summed E-state index contributed by atoms with van der Waals surface area (Å²) >= 11 is 6.15. The van der Waals surface area contributed by atoms with Crippen molar-refractivity contribution >= 4 is 17.7 Å². The fourth-order valence-corrected chi connectivity index (χ4v) is 2.25. The van der Waals surface area contributed by atoms with E-state index in [1.165, 1.54) is 6.07 Å². The number of rotatable bonds is 7. The topological polar surface area (TPSA) is 56.8 Å². The van der Waals surface area contributed by atoms with E-state index >= 15 is 0 Å². The molecule has 0 aliphatic rings. The molecule has 0 bridgehead atoms. The first-order valence-corrected chi connectivity index (χ1v) is 8.26. The molecule has 8 heteroatoms. The van der Waals surface area contributed by atoms with Crippen LogP contribution in [-0.2, 0) is 4.74 Å². The van der Waals surface area contributed by atoms with Gasteiger partial charge >= 0.3 is 6.09 Å². The molecule has 0 fully saturated rings. The van der Waals surface area contributed by atoms with Gasteiger partial charge in [0.15, 0.2) is 0 Å². The lowest BCUT2D eigenvalue weighted by atomic mass is 10.3. The van der Waals surface area contributed by atoms with Gasteiger partial charge in [0, 0.05) is 24.3 Å². The standard InChI is InChI=1S/C18H18ClF2NO4/c1-3-24-18(23)22-10-11(2)25-17-5-4-14(9-16(17)19)26-15-7-12(20)6-13(21)8-15/h4-9,11H,3,10H2,1-2H3,(H,22,23). The van der Waals surface area contributed by atoms with E-state index in [0.717, 1.165) is 18.2 Å². The van der Waals surface area contributed by atoms with Gasteiger partial charge in [0.1, 0.15) is 35.0 Å². The Hall–Kier alpha value is -2.54. The Labute approximate surface area is 154 Å². The van der Waals surface area contributed by atoms with Crippen LogP contribution in [0.5, 0.6) is 17.2 Å². The van der Waals surface area contributed by atoms with E-state index < -0.39 is 17.7 Å².